The van der Waals surface area contributed by atoms with Crippen LogP contribution in [0.1, 0.15) is 24.0 Å². The second kappa shape index (κ2) is 8.62. The van der Waals surface area contributed by atoms with Gasteiger partial charge in [-0.25, -0.2) is 13.4 Å². The lowest BCUT2D eigenvalue weighted by atomic mass is 9.97. The summed E-state index contributed by atoms with van der Waals surface area (Å²) in [6.07, 6.45) is -2.09. The summed E-state index contributed by atoms with van der Waals surface area (Å²) in [6, 6.07) is 9.69. The summed E-state index contributed by atoms with van der Waals surface area (Å²) in [5, 5.41) is 8.84. The quantitative estimate of drug-likeness (QED) is 0.714. The molecule has 0 radical (unpaired) electrons. The molecule has 10 heteroatoms. The van der Waals surface area contributed by atoms with Crippen LogP contribution in [0.2, 0.25) is 0 Å². The Morgan fingerprint density at radius 3 is 2.40 bits per heavy atom. The maximum Gasteiger partial charge on any atom is 0.416 e. The second-order valence-electron chi connectivity index (χ2n) is 7.26. The second-order valence-corrected chi connectivity index (χ2v) is 9.20. The van der Waals surface area contributed by atoms with E-state index in [1.165, 1.54) is 28.6 Å². The fourth-order valence-corrected chi connectivity index (χ4v) is 4.94. The van der Waals surface area contributed by atoms with Crippen LogP contribution in [0.25, 0.3) is 0 Å². The summed E-state index contributed by atoms with van der Waals surface area (Å²) in [7, 11) is -1.96. The van der Waals surface area contributed by atoms with Gasteiger partial charge in [-0.15, -0.1) is 0 Å². The first kappa shape index (κ1) is 22.1. The van der Waals surface area contributed by atoms with Crippen LogP contribution in [0.5, 0.6) is 0 Å². The highest BCUT2D eigenvalue weighted by Gasteiger charge is 2.32. The molecule has 2 aromatic rings. The molecule has 1 aromatic carbocycles. The standard InChI is InChI=1S/C20H21F3N4O2S/c1-26(19-12-17(6-9-25-19)20(21,22)23)14-16-7-10-27(11-8-16)30(28,29)18-4-2-15(13-24)3-5-18/h2-6,9,12,16H,7-8,10-11,14H2,1H3. The van der Waals surface area contributed by atoms with E-state index in [9.17, 15) is 21.6 Å². The Morgan fingerprint density at radius 2 is 1.83 bits per heavy atom. The minimum atomic E-state index is -4.43. The van der Waals surface area contributed by atoms with Gasteiger partial charge in [0.2, 0.25) is 10.0 Å². The van der Waals surface area contributed by atoms with Crippen molar-refractivity contribution >= 4 is 15.8 Å². The molecule has 0 aliphatic carbocycles. The SMILES string of the molecule is CN(CC1CCN(S(=O)(=O)c2ccc(C#N)cc2)CC1)c1cc(C(F)(F)F)ccn1. The third-order valence-electron chi connectivity index (χ3n) is 5.19. The first-order chi connectivity index (χ1) is 14.1. The monoisotopic (exact) mass is 438 g/mol. The van der Waals surface area contributed by atoms with E-state index in [0.717, 1.165) is 18.3 Å². The fraction of sp³-hybridized carbons (Fsp3) is 0.400. The number of nitrogens with zero attached hydrogens (tertiary/aromatic N) is 4. The summed E-state index contributed by atoms with van der Waals surface area (Å²) in [5.41, 5.74) is -0.360. The van der Waals surface area contributed by atoms with Crippen LogP contribution in [0, 0.1) is 17.2 Å². The van der Waals surface area contributed by atoms with Crippen molar-refractivity contribution in [1.82, 2.24) is 9.29 Å². The summed E-state index contributed by atoms with van der Waals surface area (Å²) >= 11 is 0. The minimum absolute atomic E-state index is 0.138. The van der Waals surface area contributed by atoms with E-state index in [-0.39, 0.29) is 16.6 Å². The Kier molecular flexibility index (Phi) is 6.33. The number of sulfonamides is 1. The molecule has 1 aliphatic heterocycles. The zero-order valence-electron chi connectivity index (χ0n) is 16.3. The minimum Gasteiger partial charge on any atom is -0.359 e. The average molecular weight is 438 g/mol. The van der Waals surface area contributed by atoms with Crippen molar-refractivity contribution in [2.45, 2.75) is 23.9 Å². The zero-order valence-corrected chi connectivity index (χ0v) is 17.1. The molecule has 0 bridgehead atoms. The van der Waals surface area contributed by atoms with E-state index in [4.69, 9.17) is 5.26 Å². The fourth-order valence-electron chi connectivity index (χ4n) is 3.47. The van der Waals surface area contributed by atoms with Gasteiger partial charge in [-0.1, -0.05) is 0 Å². The number of hydrogen-bond donors (Lipinski definition) is 0. The molecule has 1 fully saturated rings. The lowest BCUT2D eigenvalue weighted by Crippen LogP contribution is -2.41. The van der Waals surface area contributed by atoms with Crippen molar-refractivity contribution in [2.24, 2.45) is 5.92 Å². The first-order valence-corrected chi connectivity index (χ1v) is 10.8. The molecule has 2 heterocycles. The van der Waals surface area contributed by atoms with Crippen molar-refractivity contribution < 1.29 is 21.6 Å². The highest BCUT2D eigenvalue weighted by atomic mass is 32.2. The van der Waals surface area contributed by atoms with Crippen molar-refractivity contribution in [2.75, 3.05) is 31.6 Å². The van der Waals surface area contributed by atoms with Crippen molar-refractivity contribution in [3.8, 4) is 6.07 Å². The first-order valence-electron chi connectivity index (χ1n) is 9.36. The van der Waals surface area contributed by atoms with E-state index in [2.05, 4.69) is 4.98 Å². The van der Waals surface area contributed by atoms with Gasteiger partial charge in [-0.05, 0) is 55.2 Å². The van der Waals surface area contributed by atoms with Gasteiger partial charge < -0.3 is 4.90 Å². The predicted molar refractivity (Wildman–Crippen MR) is 105 cm³/mol. The Morgan fingerprint density at radius 1 is 1.20 bits per heavy atom. The number of hydrogen-bond acceptors (Lipinski definition) is 5. The molecule has 0 saturated carbocycles. The van der Waals surface area contributed by atoms with Gasteiger partial charge in [0.25, 0.3) is 0 Å². The molecule has 0 N–H and O–H groups in total. The maximum absolute atomic E-state index is 12.9. The highest BCUT2D eigenvalue weighted by Crippen LogP contribution is 2.31. The number of benzene rings is 1. The van der Waals surface area contributed by atoms with Crippen LogP contribution < -0.4 is 4.90 Å². The molecule has 0 amide bonds. The number of rotatable bonds is 5. The molecular weight excluding hydrogens is 417 g/mol. The lowest BCUT2D eigenvalue weighted by Gasteiger charge is -2.33. The molecule has 160 valence electrons. The Balaban J connectivity index is 1.61. The van der Waals surface area contributed by atoms with E-state index in [0.29, 0.717) is 38.0 Å². The molecule has 6 nitrogen and oxygen atoms in total. The van der Waals surface area contributed by atoms with Gasteiger partial charge in [-0.3, -0.25) is 0 Å². The van der Waals surface area contributed by atoms with E-state index >= 15 is 0 Å². The molecule has 0 atom stereocenters. The van der Waals surface area contributed by atoms with Crippen molar-refractivity contribution in [3.63, 3.8) is 0 Å². The number of aromatic nitrogens is 1. The summed E-state index contributed by atoms with van der Waals surface area (Å²) < 4.78 is 65.7. The molecular formula is C20H21F3N4O2S. The molecule has 30 heavy (non-hydrogen) atoms. The molecule has 3 rings (SSSR count). The zero-order chi connectivity index (χ0) is 21.9. The van der Waals surface area contributed by atoms with Crippen molar-refractivity contribution in [1.29, 1.82) is 5.26 Å². The van der Waals surface area contributed by atoms with Gasteiger partial charge in [0.05, 0.1) is 22.1 Å². The third-order valence-corrected chi connectivity index (χ3v) is 7.10. The van der Waals surface area contributed by atoms with Crippen LogP contribution in [0.3, 0.4) is 0 Å². The number of anilines is 1. The van der Waals surface area contributed by atoms with Gasteiger partial charge in [0.1, 0.15) is 5.82 Å². The Bertz CT molecular complexity index is 1030. The normalized spacial score (nSPS) is 16.2. The van der Waals surface area contributed by atoms with Crippen molar-refractivity contribution in [3.05, 3.63) is 53.7 Å². The average Bonchev–Trinajstić information content (AvgIpc) is 2.73. The summed E-state index contributed by atoms with van der Waals surface area (Å²) in [4.78, 5) is 5.84. The molecule has 0 unspecified atom stereocenters. The molecule has 0 spiro atoms. The van der Waals surface area contributed by atoms with Crippen LogP contribution in [0.4, 0.5) is 19.0 Å². The third kappa shape index (κ3) is 4.91. The topological polar surface area (TPSA) is 77.3 Å². The number of piperidine rings is 1. The van der Waals surface area contributed by atoms with Gasteiger partial charge in [0.15, 0.2) is 0 Å². The number of pyridine rings is 1. The smallest absolute Gasteiger partial charge is 0.359 e. The summed E-state index contributed by atoms with van der Waals surface area (Å²) in [6.45, 7) is 1.15. The van der Waals surface area contributed by atoms with E-state index in [1.54, 1.807) is 11.9 Å². The molecule has 1 saturated heterocycles. The van der Waals surface area contributed by atoms with E-state index < -0.39 is 21.8 Å². The summed E-state index contributed by atoms with van der Waals surface area (Å²) in [5.74, 6) is 0.371. The maximum atomic E-state index is 12.9. The number of alkyl halides is 3. The van der Waals surface area contributed by atoms with Gasteiger partial charge in [-0.2, -0.15) is 22.7 Å². The van der Waals surface area contributed by atoms with Crippen LogP contribution >= 0.6 is 0 Å². The van der Waals surface area contributed by atoms with Crippen LogP contribution in [-0.4, -0.2) is 44.4 Å². The Labute approximate surface area is 173 Å². The van der Waals surface area contributed by atoms with Crippen LogP contribution in [-0.2, 0) is 16.2 Å². The van der Waals surface area contributed by atoms with Crippen LogP contribution in [0.15, 0.2) is 47.5 Å². The van der Waals surface area contributed by atoms with E-state index in [1.807, 2.05) is 6.07 Å². The predicted octanol–water partition coefficient (Wildman–Crippen LogP) is 3.51. The Hall–Kier alpha value is -2.64. The lowest BCUT2D eigenvalue weighted by molar-refractivity contribution is -0.137. The molecule has 1 aliphatic rings. The van der Waals surface area contributed by atoms with Gasteiger partial charge in [0, 0.05) is 32.9 Å². The number of nitriles is 1. The van der Waals surface area contributed by atoms with Gasteiger partial charge >= 0.3 is 6.18 Å². The largest absolute Gasteiger partial charge is 0.416 e. The molecule has 1 aromatic heterocycles. The highest BCUT2D eigenvalue weighted by molar-refractivity contribution is 7.89. The number of halogens is 3.